The first kappa shape index (κ1) is 20.6. The zero-order chi connectivity index (χ0) is 20.5. The number of amides is 1. The maximum absolute atomic E-state index is 12.9. The van der Waals surface area contributed by atoms with E-state index >= 15 is 0 Å². The predicted molar refractivity (Wildman–Crippen MR) is 112 cm³/mol. The van der Waals surface area contributed by atoms with Gasteiger partial charge in [-0.25, -0.2) is 8.42 Å². The molecule has 0 bridgehead atoms. The monoisotopic (exact) mass is 400 g/mol. The summed E-state index contributed by atoms with van der Waals surface area (Å²) in [6.07, 6.45) is 1.94. The van der Waals surface area contributed by atoms with Crippen LogP contribution in [-0.4, -0.2) is 31.7 Å². The number of benzene rings is 2. The zero-order valence-electron chi connectivity index (χ0n) is 17.0. The second-order valence-corrected chi connectivity index (χ2v) is 9.80. The molecule has 1 atom stereocenters. The van der Waals surface area contributed by atoms with Gasteiger partial charge in [0.25, 0.3) is 5.91 Å². The molecule has 2 aromatic rings. The number of hydrogen-bond donors (Lipinski definition) is 1. The van der Waals surface area contributed by atoms with Gasteiger partial charge in [0.05, 0.1) is 4.90 Å². The Kier molecular flexibility index (Phi) is 5.91. The number of rotatable bonds is 4. The van der Waals surface area contributed by atoms with Crippen LogP contribution in [0.15, 0.2) is 41.3 Å². The molecule has 1 aliphatic rings. The molecule has 5 nitrogen and oxygen atoms in total. The summed E-state index contributed by atoms with van der Waals surface area (Å²) in [5.74, 6) is 0.125. The van der Waals surface area contributed by atoms with Crippen LogP contribution in [0, 0.1) is 26.7 Å². The van der Waals surface area contributed by atoms with E-state index in [1.165, 1.54) is 12.1 Å². The molecule has 28 heavy (non-hydrogen) atoms. The van der Waals surface area contributed by atoms with Gasteiger partial charge in [0.15, 0.2) is 0 Å². The van der Waals surface area contributed by atoms with Gasteiger partial charge in [-0.1, -0.05) is 24.6 Å². The molecule has 1 N–H and O–H groups in total. The highest BCUT2D eigenvalue weighted by Gasteiger charge is 2.28. The second kappa shape index (κ2) is 8.05. The number of aryl methyl sites for hydroxylation is 3. The third-order valence-corrected chi connectivity index (χ3v) is 7.17. The average Bonchev–Trinajstić information content (AvgIpc) is 2.64. The van der Waals surface area contributed by atoms with Crippen molar-refractivity contribution in [1.82, 2.24) is 4.31 Å². The van der Waals surface area contributed by atoms with E-state index in [0.717, 1.165) is 35.2 Å². The lowest BCUT2D eigenvalue weighted by Crippen LogP contribution is -2.39. The molecule has 1 heterocycles. The van der Waals surface area contributed by atoms with Crippen molar-refractivity contribution in [3.05, 3.63) is 58.7 Å². The van der Waals surface area contributed by atoms with Gasteiger partial charge in [0.2, 0.25) is 10.0 Å². The summed E-state index contributed by atoms with van der Waals surface area (Å²) in [6, 6.07) is 10.3. The lowest BCUT2D eigenvalue weighted by molar-refractivity contribution is 0.102. The molecule has 1 saturated heterocycles. The molecule has 3 rings (SSSR count). The fourth-order valence-electron chi connectivity index (χ4n) is 3.85. The summed E-state index contributed by atoms with van der Waals surface area (Å²) >= 11 is 0. The van der Waals surface area contributed by atoms with Crippen LogP contribution in [0.3, 0.4) is 0 Å². The normalized spacial score (nSPS) is 18.1. The van der Waals surface area contributed by atoms with Gasteiger partial charge >= 0.3 is 0 Å². The highest BCUT2D eigenvalue weighted by Crippen LogP contribution is 2.25. The Balaban J connectivity index is 1.78. The molecule has 0 saturated carbocycles. The summed E-state index contributed by atoms with van der Waals surface area (Å²) < 4.78 is 27.3. The van der Waals surface area contributed by atoms with Gasteiger partial charge in [-0.05, 0) is 74.9 Å². The fourth-order valence-corrected chi connectivity index (χ4v) is 5.45. The van der Waals surface area contributed by atoms with Crippen LogP contribution in [-0.2, 0) is 10.0 Å². The summed E-state index contributed by atoms with van der Waals surface area (Å²) in [7, 11) is -3.51. The summed E-state index contributed by atoms with van der Waals surface area (Å²) in [4.78, 5) is 12.9. The average molecular weight is 401 g/mol. The van der Waals surface area contributed by atoms with E-state index in [4.69, 9.17) is 0 Å². The minimum absolute atomic E-state index is 0.237. The van der Waals surface area contributed by atoms with Crippen LogP contribution in [0.25, 0.3) is 0 Å². The number of anilines is 1. The third kappa shape index (κ3) is 4.28. The minimum Gasteiger partial charge on any atom is -0.322 e. The predicted octanol–water partition coefficient (Wildman–Crippen LogP) is 4.28. The van der Waals surface area contributed by atoms with E-state index in [-0.39, 0.29) is 10.8 Å². The Morgan fingerprint density at radius 3 is 2.25 bits per heavy atom. The molecule has 0 radical (unpaired) electrons. The van der Waals surface area contributed by atoms with Crippen molar-refractivity contribution in [2.24, 2.45) is 5.92 Å². The molecule has 1 fully saturated rings. The van der Waals surface area contributed by atoms with Gasteiger partial charge < -0.3 is 5.32 Å². The SMILES string of the molecule is Cc1cc(C)c(NC(=O)c2ccc(S(=O)(=O)N3CCCC(C)C3)cc2)c(C)c1. The Hall–Kier alpha value is -2.18. The van der Waals surface area contributed by atoms with E-state index in [0.29, 0.717) is 24.6 Å². The molecule has 2 aromatic carbocycles. The van der Waals surface area contributed by atoms with Crippen molar-refractivity contribution in [2.75, 3.05) is 18.4 Å². The molecule has 1 unspecified atom stereocenters. The first-order valence-electron chi connectivity index (χ1n) is 9.68. The molecule has 6 heteroatoms. The van der Waals surface area contributed by atoms with E-state index in [9.17, 15) is 13.2 Å². The van der Waals surface area contributed by atoms with Gasteiger partial charge in [-0.2, -0.15) is 4.31 Å². The van der Waals surface area contributed by atoms with Crippen LogP contribution in [0.4, 0.5) is 5.69 Å². The van der Waals surface area contributed by atoms with Crippen molar-refractivity contribution < 1.29 is 13.2 Å². The smallest absolute Gasteiger partial charge is 0.255 e. The highest BCUT2D eigenvalue weighted by molar-refractivity contribution is 7.89. The largest absolute Gasteiger partial charge is 0.322 e. The molecule has 1 amide bonds. The van der Waals surface area contributed by atoms with Gasteiger partial charge in [-0.15, -0.1) is 0 Å². The zero-order valence-corrected chi connectivity index (χ0v) is 17.8. The number of nitrogens with one attached hydrogen (secondary N) is 1. The fraction of sp³-hybridized carbons (Fsp3) is 0.409. The van der Waals surface area contributed by atoms with Gasteiger partial charge in [0.1, 0.15) is 0 Å². The van der Waals surface area contributed by atoms with Crippen LogP contribution in [0.1, 0.15) is 46.8 Å². The minimum atomic E-state index is -3.51. The van der Waals surface area contributed by atoms with Crippen molar-refractivity contribution >= 4 is 21.6 Å². The second-order valence-electron chi connectivity index (χ2n) is 7.86. The van der Waals surface area contributed by atoms with Crippen molar-refractivity contribution in [3.8, 4) is 0 Å². The molecule has 0 aliphatic carbocycles. The number of piperidine rings is 1. The third-order valence-electron chi connectivity index (χ3n) is 5.29. The molecule has 150 valence electrons. The molecule has 0 aromatic heterocycles. The van der Waals surface area contributed by atoms with E-state index in [1.54, 1.807) is 16.4 Å². The quantitative estimate of drug-likeness (QED) is 0.833. The number of nitrogens with zero attached hydrogens (tertiary/aromatic N) is 1. The topological polar surface area (TPSA) is 66.5 Å². The Labute approximate surface area is 167 Å². The van der Waals surface area contributed by atoms with E-state index in [2.05, 4.69) is 12.2 Å². The Bertz CT molecular complexity index is 958. The lowest BCUT2D eigenvalue weighted by atomic mass is 10.0. The van der Waals surface area contributed by atoms with Gasteiger partial charge in [-0.3, -0.25) is 4.79 Å². The maximum atomic E-state index is 12.9. The van der Waals surface area contributed by atoms with Crippen molar-refractivity contribution in [1.29, 1.82) is 0 Å². The number of sulfonamides is 1. The first-order valence-corrected chi connectivity index (χ1v) is 11.1. The van der Waals surface area contributed by atoms with Crippen LogP contribution >= 0.6 is 0 Å². The van der Waals surface area contributed by atoms with E-state index < -0.39 is 10.0 Å². The van der Waals surface area contributed by atoms with E-state index in [1.807, 2.05) is 32.9 Å². The van der Waals surface area contributed by atoms with Crippen LogP contribution < -0.4 is 5.32 Å². The molecular formula is C22H28N2O3S. The summed E-state index contributed by atoms with van der Waals surface area (Å²) in [6.45, 7) is 9.13. The molecule has 0 spiro atoms. The molecular weight excluding hydrogens is 372 g/mol. The Morgan fingerprint density at radius 1 is 1.07 bits per heavy atom. The standard InChI is InChI=1S/C22H28N2O3S/c1-15-6-5-11-24(14-15)28(26,27)20-9-7-19(8-10-20)22(25)23-21-17(3)12-16(2)13-18(21)4/h7-10,12-13,15H,5-6,11,14H2,1-4H3,(H,23,25). The molecule has 1 aliphatic heterocycles. The van der Waals surface area contributed by atoms with Crippen molar-refractivity contribution in [2.45, 2.75) is 45.4 Å². The summed E-state index contributed by atoms with van der Waals surface area (Å²) in [5, 5.41) is 2.95. The van der Waals surface area contributed by atoms with Crippen molar-refractivity contribution in [3.63, 3.8) is 0 Å². The number of carbonyl (C=O) groups is 1. The number of carbonyl (C=O) groups excluding carboxylic acids is 1. The first-order chi connectivity index (χ1) is 13.2. The van der Waals surface area contributed by atoms with Crippen LogP contribution in [0.2, 0.25) is 0 Å². The Morgan fingerprint density at radius 2 is 1.68 bits per heavy atom. The van der Waals surface area contributed by atoms with Gasteiger partial charge in [0, 0.05) is 24.3 Å². The van der Waals surface area contributed by atoms with Crippen LogP contribution in [0.5, 0.6) is 0 Å². The summed E-state index contributed by atoms with van der Waals surface area (Å²) in [5.41, 5.74) is 4.39. The lowest BCUT2D eigenvalue weighted by Gasteiger charge is -2.30. The number of hydrogen-bond acceptors (Lipinski definition) is 3. The maximum Gasteiger partial charge on any atom is 0.255 e. The highest BCUT2D eigenvalue weighted by atomic mass is 32.2.